The highest BCUT2D eigenvalue weighted by molar-refractivity contribution is 5.83. The first kappa shape index (κ1) is 21.9. The van der Waals surface area contributed by atoms with Gasteiger partial charge in [0.05, 0.1) is 30.0 Å². The molecule has 1 aliphatic heterocycles. The Bertz CT molecular complexity index is 1100. The van der Waals surface area contributed by atoms with Crippen LogP contribution in [0.3, 0.4) is 0 Å². The highest BCUT2D eigenvalue weighted by atomic mass is 16.5. The third-order valence-corrected chi connectivity index (χ3v) is 5.36. The number of pyridine rings is 1. The standard InChI is InChI=1S/C23H27N5O4/c1-23(2,30)16-6-4-15(5-7-16)18-12-19-20(26-9-8-25-19)21(27-18)32-14-17-13-28(10-11-31-17)22(29)24-3/h4-9,12,17,30H,10-11,13-14H2,1-3H3,(H,24,29)/t17-/m0/s1. The Morgan fingerprint density at radius 3 is 2.75 bits per heavy atom. The van der Waals surface area contributed by atoms with Gasteiger partial charge in [-0.25, -0.2) is 14.8 Å². The highest BCUT2D eigenvalue weighted by Crippen LogP contribution is 2.29. The van der Waals surface area contributed by atoms with E-state index in [4.69, 9.17) is 9.47 Å². The number of hydrogen-bond acceptors (Lipinski definition) is 7. The number of carbonyl (C=O) groups excluding carboxylic acids is 1. The number of nitrogens with zero attached hydrogens (tertiary/aromatic N) is 4. The number of benzene rings is 1. The Hall–Kier alpha value is -3.30. The van der Waals surface area contributed by atoms with E-state index in [2.05, 4.69) is 20.3 Å². The molecule has 1 fully saturated rings. The predicted octanol–water partition coefficient (Wildman–Crippen LogP) is 2.34. The van der Waals surface area contributed by atoms with E-state index in [0.717, 1.165) is 11.1 Å². The maximum atomic E-state index is 11.9. The van der Waals surface area contributed by atoms with Crippen molar-refractivity contribution in [2.45, 2.75) is 25.6 Å². The Morgan fingerprint density at radius 2 is 2.03 bits per heavy atom. The largest absolute Gasteiger partial charge is 0.473 e. The van der Waals surface area contributed by atoms with E-state index in [9.17, 15) is 9.90 Å². The molecule has 32 heavy (non-hydrogen) atoms. The number of aromatic nitrogens is 3. The summed E-state index contributed by atoms with van der Waals surface area (Å²) in [6, 6.07) is 9.30. The third-order valence-electron chi connectivity index (χ3n) is 5.36. The molecule has 0 bridgehead atoms. The molecule has 9 heteroatoms. The number of carbonyl (C=O) groups is 1. The summed E-state index contributed by atoms with van der Waals surface area (Å²) < 4.78 is 11.8. The van der Waals surface area contributed by atoms with Crippen LogP contribution in [-0.2, 0) is 10.3 Å². The molecule has 9 nitrogen and oxygen atoms in total. The van der Waals surface area contributed by atoms with Crippen LogP contribution in [0.25, 0.3) is 22.3 Å². The molecule has 0 radical (unpaired) electrons. The van der Waals surface area contributed by atoms with Crippen LogP contribution in [0.1, 0.15) is 19.4 Å². The van der Waals surface area contributed by atoms with Crippen molar-refractivity contribution in [3.8, 4) is 17.1 Å². The van der Waals surface area contributed by atoms with E-state index in [1.54, 1.807) is 38.2 Å². The number of fused-ring (bicyclic) bond motifs is 1. The molecule has 0 aliphatic carbocycles. The van der Waals surface area contributed by atoms with Crippen molar-refractivity contribution in [2.24, 2.45) is 0 Å². The van der Waals surface area contributed by atoms with Gasteiger partial charge in [-0.2, -0.15) is 0 Å². The lowest BCUT2D eigenvalue weighted by molar-refractivity contribution is -0.0354. The minimum atomic E-state index is -0.919. The second kappa shape index (κ2) is 9.05. The van der Waals surface area contributed by atoms with Gasteiger partial charge in [-0.05, 0) is 25.5 Å². The van der Waals surface area contributed by atoms with Crippen LogP contribution in [0.4, 0.5) is 4.79 Å². The fourth-order valence-electron chi connectivity index (χ4n) is 3.58. The van der Waals surface area contributed by atoms with Crippen LogP contribution in [0.2, 0.25) is 0 Å². The summed E-state index contributed by atoms with van der Waals surface area (Å²) in [5, 5.41) is 12.8. The molecule has 1 saturated heterocycles. The maximum Gasteiger partial charge on any atom is 0.317 e. The van der Waals surface area contributed by atoms with E-state index >= 15 is 0 Å². The lowest BCUT2D eigenvalue weighted by atomic mass is 9.96. The number of nitrogens with one attached hydrogen (secondary N) is 1. The van der Waals surface area contributed by atoms with Crippen molar-refractivity contribution >= 4 is 17.1 Å². The van der Waals surface area contributed by atoms with Crippen LogP contribution in [-0.4, -0.2) is 70.4 Å². The van der Waals surface area contributed by atoms with E-state index < -0.39 is 5.60 Å². The van der Waals surface area contributed by atoms with Crippen molar-refractivity contribution in [3.63, 3.8) is 0 Å². The molecule has 2 N–H and O–H groups in total. The van der Waals surface area contributed by atoms with E-state index in [1.807, 2.05) is 30.3 Å². The molecule has 0 saturated carbocycles. The Balaban J connectivity index is 1.58. The SMILES string of the molecule is CNC(=O)N1CCO[C@H](COc2nc(-c3ccc(C(C)(C)O)cc3)cc3nccnc23)C1. The third kappa shape index (κ3) is 4.79. The van der Waals surface area contributed by atoms with Gasteiger partial charge in [-0.15, -0.1) is 0 Å². The summed E-state index contributed by atoms with van der Waals surface area (Å²) in [5.41, 5.74) is 2.67. The molecule has 168 valence electrons. The zero-order chi connectivity index (χ0) is 22.7. The van der Waals surface area contributed by atoms with Crippen molar-refractivity contribution < 1.29 is 19.4 Å². The van der Waals surface area contributed by atoms with E-state index in [1.165, 1.54) is 0 Å². The summed E-state index contributed by atoms with van der Waals surface area (Å²) in [5.74, 6) is 0.359. The molecule has 4 rings (SSSR count). The number of rotatable bonds is 5. The normalized spacial score (nSPS) is 16.8. The predicted molar refractivity (Wildman–Crippen MR) is 119 cm³/mol. The smallest absolute Gasteiger partial charge is 0.317 e. The molecule has 0 unspecified atom stereocenters. The first-order valence-electron chi connectivity index (χ1n) is 10.5. The highest BCUT2D eigenvalue weighted by Gasteiger charge is 2.25. The van der Waals surface area contributed by atoms with Crippen LogP contribution in [0.15, 0.2) is 42.7 Å². The van der Waals surface area contributed by atoms with Crippen LogP contribution in [0.5, 0.6) is 5.88 Å². The summed E-state index contributed by atoms with van der Waals surface area (Å²) >= 11 is 0. The second-order valence-corrected chi connectivity index (χ2v) is 8.18. The van der Waals surface area contributed by atoms with Crippen LogP contribution >= 0.6 is 0 Å². The molecule has 2 amide bonds. The summed E-state index contributed by atoms with van der Waals surface area (Å²) in [6.45, 7) is 5.14. The number of hydrogen-bond donors (Lipinski definition) is 2. The first-order valence-corrected chi connectivity index (χ1v) is 10.5. The van der Waals surface area contributed by atoms with Crippen molar-refractivity contribution in [2.75, 3.05) is 33.4 Å². The monoisotopic (exact) mass is 437 g/mol. The summed E-state index contributed by atoms with van der Waals surface area (Å²) in [6.07, 6.45) is 2.95. The Morgan fingerprint density at radius 1 is 1.28 bits per heavy atom. The molecular formula is C23H27N5O4. The number of morpholine rings is 1. The molecule has 3 aromatic rings. The Labute approximate surface area is 186 Å². The molecule has 2 aromatic heterocycles. The number of amides is 2. The van der Waals surface area contributed by atoms with Gasteiger partial charge in [0.1, 0.15) is 12.7 Å². The van der Waals surface area contributed by atoms with Crippen molar-refractivity contribution in [3.05, 3.63) is 48.3 Å². The van der Waals surface area contributed by atoms with E-state index in [0.29, 0.717) is 42.3 Å². The maximum absolute atomic E-state index is 11.9. The lowest BCUT2D eigenvalue weighted by Crippen LogP contribution is -2.50. The lowest BCUT2D eigenvalue weighted by Gasteiger charge is -2.32. The van der Waals surface area contributed by atoms with Crippen molar-refractivity contribution in [1.29, 1.82) is 0 Å². The van der Waals surface area contributed by atoms with Gasteiger partial charge in [0.15, 0.2) is 5.52 Å². The van der Waals surface area contributed by atoms with Crippen LogP contribution < -0.4 is 10.1 Å². The van der Waals surface area contributed by atoms with Gasteiger partial charge in [-0.1, -0.05) is 24.3 Å². The topological polar surface area (TPSA) is 110 Å². The van der Waals surface area contributed by atoms with E-state index in [-0.39, 0.29) is 18.7 Å². The van der Waals surface area contributed by atoms with Gasteiger partial charge >= 0.3 is 6.03 Å². The molecule has 3 heterocycles. The number of urea groups is 1. The van der Waals surface area contributed by atoms with Gasteiger partial charge < -0.3 is 24.8 Å². The molecule has 0 spiro atoms. The molecular weight excluding hydrogens is 410 g/mol. The zero-order valence-corrected chi connectivity index (χ0v) is 18.4. The molecule has 1 atom stereocenters. The average Bonchev–Trinajstić information content (AvgIpc) is 2.81. The number of aliphatic hydroxyl groups is 1. The average molecular weight is 438 g/mol. The number of ether oxygens (including phenoxy) is 2. The zero-order valence-electron chi connectivity index (χ0n) is 18.4. The minimum Gasteiger partial charge on any atom is -0.473 e. The molecule has 1 aliphatic rings. The van der Waals surface area contributed by atoms with Crippen LogP contribution in [0, 0.1) is 0 Å². The quantitative estimate of drug-likeness (QED) is 0.630. The fraction of sp³-hybridized carbons (Fsp3) is 0.391. The van der Waals surface area contributed by atoms with Gasteiger partial charge in [-0.3, -0.25) is 4.98 Å². The first-order chi connectivity index (χ1) is 15.3. The summed E-state index contributed by atoms with van der Waals surface area (Å²) in [7, 11) is 1.61. The van der Waals surface area contributed by atoms with Crippen molar-refractivity contribution in [1.82, 2.24) is 25.2 Å². The van der Waals surface area contributed by atoms with Gasteiger partial charge in [0.25, 0.3) is 0 Å². The second-order valence-electron chi connectivity index (χ2n) is 8.18. The van der Waals surface area contributed by atoms with Gasteiger partial charge in [0, 0.05) is 31.5 Å². The Kier molecular flexibility index (Phi) is 6.20. The minimum absolute atomic E-state index is 0.135. The molecule has 1 aromatic carbocycles. The fourth-order valence-corrected chi connectivity index (χ4v) is 3.58. The summed E-state index contributed by atoms with van der Waals surface area (Å²) in [4.78, 5) is 27.1. The van der Waals surface area contributed by atoms with Gasteiger partial charge in [0.2, 0.25) is 5.88 Å².